The van der Waals surface area contributed by atoms with Gasteiger partial charge in [0.2, 0.25) is 0 Å². The third-order valence-electron chi connectivity index (χ3n) is 7.16. The molecule has 12 heteroatoms. The number of nitrogens with one attached hydrogen (secondary N) is 2. The molecule has 1 aliphatic heterocycles. The lowest BCUT2D eigenvalue weighted by atomic mass is 10.1. The van der Waals surface area contributed by atoms with Gasteiger partial charge in [-0.1, -0.05) is 24.4 Å². The van der Waals surface area contributed by atoms with Crippen LogP contribution in [0, 0.1) is 0 Å². The Morgan fingerprint density at radius 3 is 2.64 bits per heavy atom. The van der Waals surface area contributed by atoms with E-state index in [4.69, 9.17) is 26.2 Å². The van der Waals surface area contributed by atoms with E-state index in [2.05, 4.69) is 20.6 Å². The number of carbonyl (C=O) groups excluding carboxylic acids is 1. The number of piperidine rings is 1. The van der Waals surface area contributed by atoms with Crippen molar-refractivity contribution in [2.45, 2.75) is 57.2 Å². The lowest BCUT2D eigenvalue weighted by molar-refractivity contribution is 0.0875. The lowest BCUT2D eigenvalue weighted by Gasteiger charge is -2.33. The van der Waals surface area contributed by atoms with Gasteiger partial charge >= 0.3 is 6.03 Å². The van der Waals surface area contributed by atoms with Crippen LogP contribution in [-0.2, 0) is 11.3 Å². The van der Waals surface area contributed by atoms with Crippen LogP contribution in [0.5, 0.6) is 5.75 Å². The van der Waals surface area contributed by atoms with E-state index >= 15 is 0 Å². The van der Waals surface area contributed by atoms with E-state index in [1.807, 2.05) is 39.9 Å². The molecule has 5 rings (SSSR count). The molecule has 2 fully saturated rings. The molecule has 1 saturated carbocycles. The number of benzene rings is 1. The third-order valence-corrected chi connectivity index (χ3v) is 7.46. The molecule has 39 heavy (non-hydrogen) atoms. The van der Waals surface area contributed by atoms with Crippen LogP contribution in [0.2, 0.25) is 5.02 Å². The zero-order valence-corrected chi connectivity index (χ0v) is 23.4. The number of ether oxygens (including phenoxy) is 2. The van der Waals surface area contributed by atoms with Crippen LogP contribution in [0.25, 0.3) is 11.0 Å². The van der Waals surface area contributed by atoms with Crippen LogP contribution in [0.3, 0.4) is 0 Å². The van der Waals surface area contributed by atoms with Crippen LogP contribution in [-0.4, -0.2) is 75.6 Å². The minimum atomic E-state index is -0.000458. The summed E-state index contributed by atoms with van der Waals surface area (Å²) in [6.07, 6.45) is 9.60. The van der Waals surface area contributed by atoms with Gasteiger partial charge in [0.15, 0.2) is 5.82 Å². The Balaban J connectivity index is 0.00000353. The van der Waals surface area contributed by atoms with E-state index in [9.17, 15) is 4.79 Å². The average molecular weight is 580 g/mol. The molecule has 0 unspecified atom stereocenters. The van der Waals surface area contributed by atoms with Gasteiger partial charge in [-0.05, 0) is 37.1 Å². The molecule has 10 nitrogen and oxygen atoms in total. The standard InChI is InChI=1S/C27H35ClN6O4.ClH/c28-22-17-20(31-26-25-23(29-18-30-26)9-12-33(25)13-15-37-16-14-35)5-6-24(22)38-21-7-10-34(11-8-21)27(36)32-19-3-1-2-4-19;/h5-6,9,12,17-19,21,35H,1-4,7-8,10-11,13-16H2,(H,32,36)(H,29,30,31);1H. The van der Waals surface area contributed by atoms with Crippen molar-refractivity contribution in [2.24, 2.45) is 0 Å². The number of aromatic nitrogens is 3. The molecule has 3 heterocycles. The molecule has 3 N–H and O–H groups in total. The van der Waals surface area contributed by atoms with Crippen molar-refractivity contribution in [3.63, 3.8) is 0 Å². The number of fused-ring (bicyclic) bond motifs is 1. The number of carbonyl (C=O) groups is 1. The third kappa shape index (κ3) is 7.45. The van der Waals surface area contributed by atoms with Crippen LogP contribution >= 0.6 is 24.0 Å². The Morgan fingerprint density at radius 2 is 1.90 bits per heavy atom. The minimum absolute atomic E-state index is 0. The van der Waals surface area contributed by atoms with Crippen molar-refractivity contribution < 1.29 is 19.4 Å². The Kier molecular flexibility index (Phi) is 10.5. The first-order valence-corrected chi connectivity index (χ1v) is 13.8. The van der Waals surface area contributed by atoms with Crippen molar-refractivity contribution in [1.29, 1.82) is 0 Å². The zero-order chi connectivity index (χ0) is 26.3. The molecule has 1 aromatic carbocycles. The van der Waals surface area contributed by atoms with Crippen LogP contribution in [0.15, 0.2) is 36.8 Å². The molecule has 2 aliphatic rings. The molecule has 0 bridgehead atoms. The number of amides is 2. The first-order chi connectivity index (χ1) is 18.6. The number of aliphatic hydroxyl groups excluding tert-OH is 1. The number of hydrogen-bond donors (Lipinski definition) is 3. The quantitative estimate of drug-likeness (QED) is 0.297. The molecule has 0 atom stereocenters. The Bertz CT molecular complexity index is 1230. The number of hydrogen-bond acceptors (Lipinski definition) is 7. The summed E-state index contributed by atoms with van der Waals surface area (Å²) >= 11 is 6.60. The second-order valence-corrected chi connectivity index (χ2v) is 10.2. The number of nitrogens with zero attached hydrogens (tertiary/aromatic N) is 4. The largest absolute Gasteiger partial charge is 0.489 e. The number of halogens is 2. The molecule has 2 amide bonds. The van der Waals surface area contributed by atoms with Gasteiger partial charge in [-0.25, -0.2) is 14.8 Å². The zero-order valence-electron chi connectivity index (χ0n) is 21.9. The average Bonchev–Trinajstić information content (AvgIpc) is 3.59. The summed E-state index contributed by atoms with van der Waals surface area (Å²) in [6, 6.07) is 7.91. The number of anilines is 2. The summed E-state index contributed by atoms with van der Waals surface area (Å²) < 4.78 is 13.6. The molecule has 0 spiro atoms. The van der Waals surface area contributed by atoms with Gasteiger partial charge in [0.05, 0.1) is 30.4 Å². The van der Waals surface area contributed by atoms with E-state index in [1.165, 1.54) is 19.2 Å². The first-order valence-electron chi connectivity index (χ1n) is 13.4. The molecule has 1 saturated heterocycles. The smallest absolute Gasteiger partial charge is 0.317 e. The van der Waals surface area contributed by atoms with Gasteiger partial charge in [-0.3, -0.25) is 0 Å². The van der Waals surface area contributed by atoms with Gasteiger partial charge < -0.3 is 34.7 Å². The highest BCUT2D eigenvalue weighted by Crippen LogP contribution is 2.32. The fourth-order valence-electron chi connectivity index (χ4n) is 5.14. The summed E-state index contributed by atoms with van der Waals surface area (Å²) in [5.41, 5.74) is 2.46. The van der Waals surface area contributed by atoms with Gasteiger partial charge in [0.25, 0.3) is 0 Å². The molecular weight excluding hydrogens is 543 g/mol. The fourth-order valence-corrected chi connectivity index (χ4v) is 5.37. The second kappa shape index (κ2) is 14.0. The van der Waals surface area contributed by atoms with Gasteiger partial charge in [0.1, 0.15) is 23.7 Å². The maximum Gasteiger partial charge on any atom is 0.317 e. The van der Waals surface area contributed by atoms with Crippen molar-refractivity contribution in [3.05, 3.63) is 41.8 Å². The van der Waals surface area contributed by atoms with E-state index in [0.717, 1.165) is 42.4 Å². The highest BCUT2D eigenvalue weighted by molar-refractivity contribution is 6.32. The SMILES string of the molecule is Cl.O=C(NC1CCCC1)N1CCC(Oc2ccc(Nc3ncnc4ccn(CCOCCO)c34)cc2Cl)CC1. The van der Waals surface area contributed by atoms with Crippen molar-refractivity contribution in [2.75, 3.05) is 38.2 Å². The summed E-state index contributed by atoms with van der Waals surface area (Å²) in [5.74, 6) is 1.29. The topological polar surface area (TPSA) is 114 Å². The molecule has 3 aromatic rings. The van der Waals surface area contributed by atoms with E-state index in [1.54, 1.807) is 0 Å². The molecular formula is C27H36Cl2N6O4. The van der Waals surface area contributed by atoms with Crippen molar-refractivity contribution in [1.82, 2.24) is 24.8 Å². The Hall–Kier alpha value is -2.79. The predicted octanol–water partition coefficient (Wildman–Crippen LogP) is 4.75. The number of urea groups is 1. The van der Waals surface area contributed by atoms with Crippen molar-refractivity contribution >= 4 is 52.6 Å². The summed E-state index contributed by atoms with van der Waals surface area (Å²) in [4.78, 5) is 23.2. The molecule has 2 aromatic heterocycles. The summed E-state index contributed by atoms with van der Waals surface area (Å²) in [5, 5.41) is 15.9. The lowest BCUT2D eigenvalue weighted by Crippen LogP contribution is -2.48. The first kappa shape index (κ1) is 29.2. The number of likely N-dealkylation sites (tertiary alicyclic amines) is 1. The number of aliphatic hydroxyl groups is 1. The number of rotatable bonds is 10. The molecule has 1 aliphatic carbocycles. The normalized spacial score (nSPS) is 16.3. The highest BCUT2D eigenvalue weighted by atomic mass is 35.5. The highest BCUT2D eigenvalue weighted by Gasteiger charge is 2.26. The Morgan fingerprint density at radius 1 is 1.10 bits per heavy atom. The fraction of sp³-hybridized carbons (Fsp3) is 0.519. The van der Waals surface area contributed by atoms with Crippen LogP contribution in [0.4, 0.5) is 16.3 Å². The van der Waals surface area contributed by atoms with E-state index in [-0.39, 0.29) is 31.1 Å². The van der Waals surface area contributed by atoms with E-state index < -0.39 is 0 Å². The second-order valence-electron chi connectivity index (χ2n) is 9.81. The van der Waals surface area contributed by atoms with Gasteiger partial charge in [0, 0.05) is 50.4 Å². The van der Waals surface area contributed by atoms with Crippen LogP contribution < -0.4 is 15.4 Å². The summed E-state index contributed by atoms with van der Waals surface area (Å²) in [7, 11) is 0. The predicted molar refractivity (Wildman–Crippen MR) is 153 cm³/mol. The molecule has 0 radical (unpaired) electrons. The van der Waals surface area contributed by atoms with Gasteiger partial charge in [-0.15, -0.1) is 12.4 Å². The summed E-state index contributed by atoms with van der Waals surface area (Å²) in [6.45, 7) is 2.74. The van der Waals surface area contributed by atoms with E-state index in [0.29, 0.717) is 55.5 Å². The molecule has 212 valence electrons. The maximum absolute atomic E-state index is 12.5. The van der Waals surface area contributed by atoms with Crippen LogP contribution in [0.1, 0.15) is 38.5 Å². The Labute approximate surface area is 239 Å². The monoisotopic (exact) mass is 578 g/mol. The maximum atomic E-state index is 12.5. The van der Waals surface area contributed by atoms with Gasteiger partial charge in [-0.2, -0.15) is 0 Å². The minimum Gasteiger partial charge on any atom is -0.489 e. The van der Waals surface area contributed by atoms with Crippen molar-refractivity contribution in [3.8, 4) is 5.75 Å².